The zero-order valence-electron chi connectivity index (χ0n) is 12.7. The fraction of sp³-hybridized carbons (Fsp3) is 0.643. The van der Waals surface area contributed by atoms with E-state index in [-0.39, 0.29) is 12.5 Å². The molecular weight excluding hydrogens is 278 g/mol. The van der Waals surface area contributed by atoms with Crippen LogP contribution in [0.2, 0.25) is 0 Å². The first-order chi connectivity index (χ1) is 9.64. The van der Waals surface area contributed by atoms with E-state index < -0.39 is 29.4 Å². The number of rotatable bonds is 4. The van der Waals surface area contributed by atoms with Crippen LogP contribution >= 0.6 is 0 Å². The molecule has 7 heteroatoms. The lowest BCUT2D eigenvalue weighted by molar-refractivity contribution is -0.143. The van der Waals surface area contributed by atoms with Gasteiger partial charge in [0.25, 0.3) is 0 Å². The van der Waals surface area contributed by atoms with Gasteiger partial charge in [-0.05, 0) is 34.1 Å². The molecule has 7 nitrogen and oxygen atoms in total. The molecule has 0 heterocycles. The third kappa shape index (κ3) is 4.47. The Morgan fingerprint density at radius 1 is 1.38 bits per heavy atom. The van der Waals surface area contributed by atoms with E-state index in [9.17, 15) is 14.4 Å². The summed E-state index contributed by atoms with van der Waals surface area (Å²) < 4.78 is 14.2. The van der Waals surface area contributed by atoms with Crippen molar-refractivity contribution in [3.8, 4) is 0 Å². The second kappa shape index (κ2) is 6.15. The van der Waals surface area contributed by atoms with Crippen LogP contribution in [0.3, 0.4) is 0 Å². The van der Waals surface area contributed by atoms with Crippen LogP contribution in [0.25, 0.3) is 0 Å². The maximum atomic E-state index is 12.0. The van der Waals surface area contributed by atoms with Crippen molar-refractivity contribution in [3.63, 3.8) is 0 Å². The zero-order chi connectivity index (χ0) is 16.3. The molecule has 1 rings (SSSR count). The van der Waals surface area contributed by atoms with E-state index in [0.29, 0.717) is 6.42 Å². The molecule has 0 aliphatic heterocycles. The lowest BCUT2D eigenvalue weighted by Crippen LogP contribution is -2.48. The van der Waals surface area contributed by atoms with Crippen LogP contribution in [-0.2, 0) is 19.0 Å². The van der Waals surface area contributed by atoms with Crippen molar-refractivity contribution in [2.24, 2.45) is 5.92 Å². The summed E-state index contributed by atoms with van der Waals surface area (Å²) in [7, 11) is 0. The number of alkyl carbamates (subject to hydrolysis) is 1. The first-order valence-electron chi connectivity index (χ1n) is 6.67. The highest BCUT2D eigenvalue weighted by Crippen LogP contribution is 2.45. The lowest BCUT2D eigenvalue weighted by atomic mass is 10.2. The van der Waals surface area contributed by atoms with E-state index in [2.05, 4.69) is 21.4 Å². The third-order valence-corrected chi connectivity index (χ3v) is 2.83. The number of ether oxygens (including phenoxy) is 3. The van der Waals surface area contributed by atoms with Gasteiger partial charge in [0.2, 0.25) is 0 Å². The molecule has 0 bridgehead atoms. The van der Waals surface area contributed by atoms with E-state index in [1.165, 1.54) is 6.08 Å². The molecule has 0 spiro atoms. The molecule has 0 aromatic carbocycles. The Kier molecular flexibility index (Phi) is 4.98. The second-order valence-corrected chi connectivity index (χ2v) is 5.72. The second-order valence-electron chi connectivity index (χ2n) is 5.72. The predicted molar refractivity (Wildman–Crippen MR) is 73.5 cm³/mol. The zero-order valence-corrected chi connectivity index (χ0v) is 12.7. The minimum absolute atomic E-state index is 0.0868. The standard InChI is InChI=1S/C14H21NO6/c1-6-9-8-14(9,10(16)20-12(18)19-7-2)15-11(17)21-13(3,4)5/h6,9H,1,7-8H2,2-5H3,(H,15,17). The number of hydrogen-bond donors (Lipinski definition) is 1. The van der Waals surface area contributed by atoms with Crippen molar-refractivity contribution in [1.82, 2.24) is 5.32 Å². The summed E-state index contributed by atoms with van der Waals surface area (Å²) in [6.45, 7) is 10.4. The van der Waals surface area contributed by atoms with Crippen molar-refractivity contribution in [2.75, 3.05) is 6.61 Å². The summed E-state index contributed by atoms with van der Waals surface area (Å²) in [6.07, 6.45) is -0.0344. The number of carbonyl (C=O) groups excluding carboxylic acids is 3. The summed E-state index contributed by atoms with van der Waals surface area (Å²) in [4.78, 5) is 35.0. The van der Waals surface area contributed by atoms with E-state index in [1.54, 1.807) is 27.7 Å². The Balaban J connectivity index is 2.72. The van der Waals surface area contributed by atoms with Crippen LogP contribution in [-0.4, -0.2) is 36.0 Å². The van der Waals surface area contributed by atoms with E-state index >= 15 is 0 Å². The fourth-order valence-corrected chi connectivity index (χ4v) is 1.80. The number of amides is 1. The molecule has 1 saturated carbocycles. The molecular formula is C14H21NO6. The van der Waals surface area contributed by atoms with Gasteiger partial charge in [-0.15, -0.1) is 6.58 Å². The molecule has 118 valence electrons. The molecule has 21 heavy (non-hydrogen) atoms. The van der Waals surface area contributed by atoms with Gasteiger partial charge in [-0.2, -0.15) is 0 Å². The first kappa shape index (κ1) is 17.0. The highest BCUT2D eigenvalue weighted by molar-refractivity contribution is 5.95. The van der Waals surface area contributed by atoms with Gasteiger partial charge in [0.05, 0.1) is 6.61 Å². The van der Waals surface area contributed by atoms with E-state index in [4.69, 9.17) is 4.74 Å². The minimum atomic E-state index is -1.31. The summed E-state index contributed by atoms with van der Waals surface area (Å²) in [5.74, 6) is -1.19. The Labute approximate surface area is 123 Å². The molecule has 0 radical (unpaired) electrons. The van der Waals surface area contributed by atoms with E-state index in [0.717, 1.165) is 0 Å². The monoisotopic (exact) mass is 299 g/mol. The van der Waals surface area contributed by atoms with Gasteiger partial charge in [-0.1, -0.05) is 6.08 Å². The average molecular weight is 299 g/mol. The van der Waals surface area contributed by atoms with Crippen molar-refractivity contribution < 1.29 is 28.6 Å². The summed E-state index contributed by atoms with van der Waals surface area (Å²) >= 11 is 0. The largest absolute Gasteiger partial charge is 0.516 e. The van der Waals surface area contributed by atoms with Crippen LogP contribution in [0, 0.1) is 5.92 Å². The van der Waals surface area contributed by atoms with Gasteiger partial charge in [-0.3, -0.25) is 0 Å². The van der Waals surface area contributed by atoms with Gasteiger partial charge < -0.3 is 19.5 Å². The Bertz CT molecular complexity index is 453. The lowest BCUT2D eigenvalue weighted by Gasteiger charge is -2.22. The number of carbonyl (C=O) groups is 3. The molecule has 2 atom stereocenters. The molecule has 2 unspecified atom stereocenters. The molecule has 1 N–H and O–H groups in total. The molecule has 1 fully saturated rings. The van der Waals surface area contributed by atoms with Crippen LogP contribution in [0.1, 0.15) is 34.1 Å². The summed E-state index contributed by atoms with van der Waals surface area (Å²) in [5.41, 5.74) is -2.01. The van der Waals surface area contributed by atoms with Gasteiger partial charge in [0, 0.05) is 5.92 Å². The van der Waals surface area contributed by atoms with Gasteiger partial charge in [-0.25, -0.2) is 14.4 Å². The van der Waals surface area contributed by atoms with Crippen molar-refractivity contribution >= 4 is 18.2 Å². The highest BCUT2D eigenvalue weighted by atomic mass is 16.7. The van der Waals surface area contributed by atoms with Crippen molar-refractivity contribution in [3.05, 3.63) is 12.7 Å². The van der Waals surface area contributed by atoms with E-state index in [1.807, 2.05) is 0 Å². The van der Waals surface area contributed by atoms with Crippen molar-refractivity contribution in [1.29, 1.82) is 0 Å². The smallest absolute Gasteiger partial charge is 0.444 e. The molecule has 0 saturated heterocycles. The molecule has 1 aliphatic carbocycles. The number of hydrogen-bond acceptors (Lipinski definition) is 6. The summed E-state index contributed by atoms with van der Waals surface area (Å²) in [5, 5.41) is 2.46. The highest BCUT2D eigenvalue weighted by Gasteiger charge is 2.62. The maximum absolute atomic E-state index is 12.0. The Morgan fingerprint density at radius 3 is 2.43 bits per heavy atom. The van der Waals surface area contributed by atoms with Crippen LogP contribution in [0.4, 0.5) is 9.59 Å². The van der Waals surface area contributed by atoms with Crippen LogP contribution in [0.5, 0.6) is 0 Å². The molecule has 1 aliphatic rings. The molecule has 0 aromatic rings. The van der Waals surface area contributed by atoms with Gasteiger partial charge in [0.15, 0.2) is 0 Å². The van der Waals surface area contributed by atoms with Gasteiger partial charge in [0.1, 0.15) is 11.1 Å². The number of nitrogens with one attached hydrogen (secondary N) is 1. The SMILES string of the molecule is C=CC1CC1(NC(=O)OC(C)(C)C)C(=O)OC(=O)OCC. The average Bonchev–Trinajstić information content (AvgIpc) is 3.01. The molecule has 0 aromatic heterocycles. The first-order valence-corrected chi connectivity index (χ1v) is 6.67. The minimum Gasteiger partial charge on any atom is -0.444 e. The van der Waals surface area contributed by atoms with Crippen LogP contribution < -0.4 is 5.32 Å². The Morgan fingerprint density at radius 2 is 2.00 bits per heavy atom. The molecule has 1 amide bonds. The Hall–Kier alpha value is -2.05. The van der Waals surface area contributed by atoms with Crippen LogP contribution in [0.15, 0.2) is 12.7 Å². The fourth-order valence-electron chi connectivity index (χ4n) is 1.80. The van der Waals surface area contributed by atoms with Crippen molar-refractivity contribution in [2.45, 2.75) is 45.3 Å². The third-order valence-electron chi connectivity index (χ3n) is 2.83. The number of esters is 1. The quantitative estimate of drug-likeness (QED) is 0.486. The van der Waals surface area contributed by atoms with Gasteiger partial charge >= 0.3 is 18.2 Å². The summed E-state index contributed by atoms with van der Waals surface area (Å²) in [6, 6.07) is 0. The maximum Gasteiger partial charge on any atom is 0.516 e. The topological polar surface area (TPSA) is 90.9 Å². The normalized spacial score (nSPS) is 23.7. The predicted octanol–water partition coefficient (Wildman–Crippen LogP) is 2.16.